The second-order valence-corrected chi connectivity index (χ2v) is 15.0. The van der Waals surface area contributed by atoms with E-state index >= 15 is 0 Å². The second kappa shape index (κ2) is 12.6. The molecule has 0 N–H and O–H groups in total. The minimum Gasteiger partial charge on any atom is -0.333 e. The van der Waals surface area contributed by atoms with Crippen LogP contribution in [-0.2, 0) is 0 Å². The zero-order valence-electron chi connectivity index (χ0n) is 30.6. The molecule has 2 aliphatic rings. The van der Waals surface area contributed by atoms with E-state index in [1.54, 1.807) is 0 Å². The van der Waals surface area contributed by atoms with Gasteiger partial charge in [0, 0.05) is 33.4 Å². The fourth-order valence-corrected chi connectivity index (χ4v) is 9.22. The quantitative estimate of drug-likeness (QED) is 0.173. The molecule has 0 amide bonds. The van der Waals surface area contributed by atoms with Gasteiger partial charge < -0.3 is 9.47 Å². The van der Waals surface area contributed by atoms with Gasteiger partial charge in [0.05, 0.1) is 17.1 Å². The lowest BCUT2D eigenvalue weighted by atomic mass is 9.83. The van der Waals surface area contributed by atoms with Crippen LogP contribution in [0.4, 0.5) is 11.4 Å². The monoisotopic (exact) mass is 702 g/mol. The number of rotatable bonds is 5. The molecule has 2 atom stereocenters. The van der Waals surface area contributed by atoms with Crippen molar-refractivity contribution in [2.75, 3.05) is 4.90 Å². The molecule has 2 unspecified atom stereocenters. The highest BCUT2D eigenvalue weighted by atomic mass is 15.2. The number of hydrogen-bond donors (Lipinski definition) is 0. The highest BCUT2D eigenvalue weighted by Crippen LogP contribution is 2.52. The van der Waals surface area contributed by atoms with E-state index in [1.165, 1.54) is 94.2 Å². The molecule has 0 radical (unpaired) electrons. The van der Waals surface area contributed by atoms with E-state index in [0.29, 0.717) is 0 Å². The van der Waals surface area contributed by atoms with E-state index in [2.05, 4.69) is 217 Å². The minimum atomic E-state index is 0.170. The Kier molecular flexibility index (Phi) is 7.25. The number of allylic oxidation sites excluding steroid dienone is 2. The van der Waals surface area contributed by atoms with Gasteiger partial charge in [-0.05, 0) is 110 Å². The Morgan fingerprint density at radius 3 is 1.87 bits per heavy atom. The van der Waals surface area contributed by atoms with Crippen molar-refractivity contribution in [3.05, 3.63) is 211 Å². The zero-order valence-corrected chi connectivity index (χ0v) is 30.6. The van der Waals surface area contributed by atoms with E-state index in [-0.39, 0.29) is 12.0 Å². The molecule has 9 aromatic rings. The Labute approximate surface area is 321 Å². The number of aromatic nitrogens is 1. The maximum Gasteiger partial charge on any atom is 0.0658 e. The number of anilines is 2. The molecule has 2 heterocycles. The molecular formula is C53H38N2. The minimum absolute atomic E-state index is 0.170. The molecule has 0 saturated heterocycles. The van der Waals surface area contributed by atoms with E-state index in [1.807, 2.05) is 0 Å². The second-order valence-electron chi connectivity index (χ2n) is 15.0. The molecule has 1 aliphatic carbocycles. The number of para-hydroxylation sites is 2. The van der Waals surface area contributed by atoms with Gasteiger partial charge in [-0.2, -0.15) is 0 Å². The lowest BCUT2D eigenvalue weighted by molar-refractivity contribution is 0.639. The number of benzene rings is 8. The van der Waals surface area contributed by atoms with Gasteiger partial charge in [-0.3, -0.25) is 0 Å². The summed E-state index contributed by atoms with van der Waals surface area (Å²) in [6.07, 6.45) is 4.96. The third kappa shape index (κ3) is 5.17. The standard InChI is InChI=1S/C53H38N2/c1-35-28-41(40-25-27-48-46-20-10-12-22-50(46)54(52(48)34-40)44-26-24-38-18-8-9-19-39(38)30-44)33-49-47-21-11-13-23-51(47)55(53(35)49)45-31-42(36-14-4-2-5-15-36)29-43(32-45)37-16-6-3-7-17-37/h2-35,53H,1H3. The van der Waals surface area contributed by atoms with Crippen molar-refractivity contribution in [2.24, 2.45) is 5.92 Å². The van der Waals surface area contributed by atoms with E-state index in [9.17, 15) is 0 Å². The predicted molar refractivity (Wildman–Crippen MR) is 233 cm³/mol. The molecule has 260 valence electrons. The third-order valence-electron chi connectivity index (χ3n) is 11.7. The van der Waals surface area contributed by atoms with Gasteiger partial charge in [0.1, 0.15) is 0 Å². The van der Waals surface area contributed by atoms with Crippen LogP contribution in [0.2, 0.25) is 0 Å². The molecule has 0 fully saturated rings. The molecular weight excluding hydrogens is 665 g/mol. The fourth-order valence-electron chi connectivity index (χ4n) is 9.22. The van der Waals surface area contributed by atoms with Crippen molar-refractivity contribution >= 4 is 55.1 Å². The zero-order chi connectivity index (χ0) is 36.5. The lowest BCUT2D eigenvalue weighted by Gasteiger charge is -2.34. The van der Waals surface area contributed by atoms with Crippen LogP contribution in [0, 0.1) is 5.92 Å². The van der Waals surface area contributed by atoms with Crippen molar-refractivity contribution in [1.82, 2.24) is 4.57 Å². The van der Waals surface area contributed by atoms with Gasteiger partial charge >= 0.3 is 0 Å². The van der Waals surface area contributed by atoms with Gasteiger partial charge in [0.15, 0.2) is 0 Å². The Balaban J connectivity index is 1.05. The Bertz CT molecular complexity index is 2940. The third-order valence-corrected chi connectivity index (χ3v) is 11.7. The summed E-state index contributed by atoms with van der Waals surface area (Å²) in [6, 6.07) is 69.1. The van der Waals surface area contributed by atoms with E-state index < -0.39 is 0 Å². The first-order valence-corrected chi connectivity index (χ1v) is 19.3. The smallest absolute Gasteiger partial charge is 0.0658 e. The summed E-state index contributed by atoms with van der Waals surface area (Å²) >= 11 is 0. The fraction of sp³-hybridized carbons (Fsp3) is 0.0566. The molecule has 1 aromatic heterocycles. The first-order chi connectivity index (χ1) is 27.2. The largest absolute Gasteiger partial charge is 0.333 e. The summed E-state index contributed by atoms with van der Waals surface area (Å²) in [6.45, 7) is 2.39. The van der Waals surface area contributed by atoms with E-state index in [4.69, 9.17) is 0 Å². The summed E-state index contributed by atoms with van der Waals surface area (Å²) in [4.78, 5) is 2.60. The molecule has 2 heteroatoms. The topological polar surface area (TPSA) is 8.17 Å². The van der Waals surface area contributed by atoms with Gasteiger partial charge in [-0.25, -0.2) is 0 Å². The molecule has 11 rings (SSSR count). The molecule has 55 heavy (non-hydrogen) atoms. The first kappa shape index (κ1) is 31.6. The summed E-state index contributed by atoms with van der Waals surface area (Å²) < 4.78 is 2.44. The maximum absolute atomic E-state index is 2.60. The van der Waals surface area contributed by atoms with Gasteiger partial charge in [0.25, 0.3) is 0 Å². The highest BCUT2D eigenvalue weighted by Gasteiger charge is 2.39. The van der Waals surface area contributed by atoms with Crippen molar-refractivity contribution in [2.45, 2.75) is 13.0 Å². The Hall–Kier alpha value is -6.90. The lowest BCUT2D eigenvalue weighted by Crippen LogP contribution is -2.33. The molecule has 0 bridgehead atoms. The molecule has 8 aromatic carbocycles. The summed E-state index contributed by atoms with van der Waals surface area (Å²) in [7, 11) is 0. The number of hydrogen-bond acceptors (Lipinski definition) is 1. The Morgan fingerprint density at radius 2 is 1.09 bits per heavy atom. The summed E-state index contributed by atoms with van der Waals surface area (Å²) in [5.74, 6) is 0.255. The molecule has 1 aliphatic heterocycles. The number of fused-ring (bicyclic) bond motifs is 7. The van der Waals surface area contributed by atoms with Crippen molar-refractivity contribution in [3.8, 4) is 27.9 Å². The SMILES string of the molecule is CC1C=C(c2ccc3c4ccccc4n(-c4ccc5ccccc5c4)c3c2)C=C2c3ccccc3N(c3cc(-c4ccccc4)cc(-c4ccccc4)c3)C21. The average molecular weight is 703 g/mol. The summed E-state index contributed by atoms with van der Waals surface area (Å²) in [5, 5.41) is 5.04. The Morgan fingerprint density at radius 1 is 0.436 bits per heavy atom. The predicted octanol–water partition coefficient (Wildman–Crippen LogP) is 13.9. The summed E-state index contributed by atoms with van der Waals surface area (Å²) in [5.41, 5.74) is 16.2. The van der Waals surface area contributed by atoms with Crippen molar-refractivity contribution < 1.29 is 0 Å². The van der Waals surface area contributed by atoms with Gasteiger partial charge in [-0.1, -0.05) is 153 Å². The normalized spacial score (nSPS) is 16.3. The molecule has 2 nitrogen and oxygen atoms in total. The molecule has 0 spiro atoms. The van der Waals surface area contributed by atoms with Crippen LogP contribution in [-0.4, -0.2) is 10.6 Å². The van der Waals surface area contributed by atoms with Crippen LogP contribution in [0.25, 0.3) is 71.7 Å². The van der Waals surface area contributed by atoms with Crippen molar-refractivity contribution in [3.63, 3.8) is 0 Å². The highest BCUT2D eigenvalue weighted by molar-refractivity contribution is 6.11. The van der Waals surface area contributed by atoms with Gasteiger partial charge in [-0.15, -0.1) is 0 Å². The maximum atomic E-state index is 2.60. The van der Waals surface area contributed by atoms with E-state index in [0.717, 1.165) is 0 Å². The van der Waals surface area contributed by atoms with Gasteiger partial charge in [0.2, 0.25) is 0 Å². The molecule has 0 saturated carbocycles. The van der Waals surface area contributed by atoms with Crippen LogP contribution >= 0.6 is 0 Å². The van der Waals surface area contributed by atoms with Crippen LogP contribution < -0.4 is 4.90 Å². The first-order valence-electron chi connectivity index (χ1n) is 19.3. The van der Waals surface area contributed by atoms with Crippen LogP contribution in [0.5, 0.6) is 0 Å². The number of nitrogens with zero attached hydrogens (tertiary/aromatic N) is 2. The van der Waals surface area contributed by atoms with Crippen molar-refractivity contribution in [1.29, 1.82) is 0 Å². The van der Waals surface area contributed by atoms with Crippen LogP contribution in [0.15, 0.2) is 200 Å². The van der Waals surface area contributed by atoms with Crippen LogP contribution in [0.1, 0.15) is 18.1 Å². The average Bonchev–Trinajstić information content (AvgIpc) is 3.77. The van der Waals surface area contributed by atoms with Crippen LogP contribution in [0.3, 0.4) is 0 Å².